The van der Waals surface area contributed by atoms with Gasteiger partial charge in [-0.1, -0.05) is 13.0 Å². The Bertz CT molecular complexity index is 553. The summed E-state index contributed by atoms with van der Waals surface area (Å²) >= 11 is 5.21. The van der Waals surface area contributed by atoms with Gasteiger partial charge in [-0.3, -0.25) is 0 Å². The van der Waals surface area contributed by atoms with E-state index in [0.29, 0.717) is 0 Å². The van der Waals surface area contributed by atoms with Crippen LogP contribution in [-0.4, -0.2) is 6.54 Å². The third-order valence-electron chi connectivity index (χ3n) is 3.10. The number of benzene rings is 1. The molecule has 0 radical (unpaired) electrons. The minimum Gasteiger partial charge on any atom is -0.310 e. The molecule has 1 atom stereocenters. The van der Waals surface area contributed by atoms with Crippen LogP contribution in [0.4, 0.5) is 4.39 Å². The van der Waals surface area contributed by atoms with Crippen LogP contribution in [0.25, 0.3) is 0 Å². The van der Waals surface area contributed by atoms with Gasteiger partial charge in [0, 0.05) is 17.3 Å². The van der Waals surface area contributed by atoms with Gasteiger partial charge in [0.1, 0.15) is 5.82 Å². The number of halogens is 2. The highest BCUT2D eigenvalue weighted by atomic mass is 79.9. The average Bonchev–Trinajstić information content (AvgIpc) is 2.77. The Balaban J connectivity index is 2.26. The summed E-state index contributed by atoms with van der Waals surface area (Å²) in [7, 11) is 0. The fourth-order valence-electron chi connectivity index (χ4n) is 2.19. The average molecular weight is 342 g/mol. The molecular weight excluding hydrogens is 325 g/mol. The number of rotatable bonds is 5. The van der Waals surface area contributed by atoms with Crippen molar-refractivity contribution in [1.82, 2.24) is 5.32 Å². The second-order valence-corrected chi connectivity index (χ2v) is 7.07. The predicted octanol–water partition coefficient (Wildman–Crippen LogP) is 4.85. The summed E-state index contributed by atoms with van der Waals surface area (Å²) in [4.78, 5) is 1.29. The van der Waals surface area contributed by atoms with Crippen molar-refractivity contribution >= 4 is 27.3 Å². The molecule has 102 valence electrons. The first-order valence-corrected chi connectivity index (χ1v) is 7.94. The van der Waals surface area contributed by atoms with Crippen molar-refractivity contribution in [3.8, 4) is 0 Å². The maximum absolute atomic E-state index is 13.5. The molecule has 1 heterocycles. The largest absolute Gasteiger partial charge is 0.310 e. The van der Waals surface area contributed by atoms with Crippen molar-refractivity contribution in [2.24, 2.45) is 0 Å². The molecule has 4 heteroatoms. The Morgan fingerprint density at radius 1 is 1.32 bits per heavy atom. The fraction of sp³-hybridized carbons (Fsp3) is 0.333. The number of hydrogen-bond acceptors (Lipinski definition) is 2. The third kappa shape index (κ3) is 3.88. The number of thiophene rings is 1. The second kappa shape index (κ2) is 6.64. The van der Waals surface area contributed by atoms with E-state index in [1.165, 1.54) is 10.9 Å². The summed E-state index contributed by atoms with van der Waals surface area (Å²) in [5, 5.41) is 3.45. The standard InChI is InChI=1S/C15H17BrFNS/c1-3-18-14(9-12-6-7-15(16)19-12)13-8-11(17)5-4-10(13)2/h4-8,14,18H,3,9H2,1-2H3. The van der Waals surface area contributed by atoms with Gasteiger partial charge in [0.15, 0.2) is 0 Å². The smallest absolute Gasteiger partial charge is 0.123 e. The first-order chi connectivity index (χ1) is 9.10. The zero-order chi connectivity index (χ0) is 13.8. The third-order valence-corrected chi connectivity index (χ3v) is 4.75. The van der Waals surface area contributed by atoms with Gasteiger partial charge in [-0.2, -0.15) is 0 Å². The Labute approximate surface area is 126 Å². The van der Waals surface area contributed by atoms with Crippen molar-refractivity contribution in [3.63, 3.8) is 0 Å². The van der Waals surface area contributed by atoms with Gasteiger partial charge in [-0.15, -0.1) is 11.3 Å². The van der Waals surface area contributed by atoms with E-state index < -0.39 is 0 Å². The molecule has 1 aromatic heterocycles. The van der Waals surface area contributed by atoms with E-state index in [0.717, 1.165) is 27.9 Å². The maximum Gasteiger partial charge on any atom is 0.123 e. The van der Waals surface area contributed by atoms with Crippen LogP contribution in [0, 0.1) is 12.7 Å². The number of nitrogens with one attached hydrogen (secondary N) is 1. The van der Waals surface area contributed by atoms with Crippen LogP contribution < -0.4 is 5.32 Å². The van der Waals surface area contributed by atoms with Crippen molar-refractivity contribution in [2.45, 2.75) is 26.3 Å². The van der Waals surface area contributed by atoms with Gasteiger partial charge >= 0.3 is 0 Å². The quantitative estimate of drug-likeness (QED) is 0.819. The summed E-state index contributed by atoms with van der Waals surface area (Å²) in [6.07, 6.45) is 0.883. The normalized spacial score (nSPS) is 12.6. The van der Waals surface area contributed by atoms with Crippen LogP contribution >= 0.6 is 27.3 Å². The highest BCUT2D eigenvalue weighted by Gasteiger charge is 2.15. The molecule has 0 saturated carbocycles. The van der Waals surface area contributed by atoms with Gasteiger partial charge < -0.3 is 5.32 Å². The lowest BCUT2D eigenvalue weighted by atomic mass is 9.98. The number of hydrogen-bond donors (Lipinski definition) is 1. The van der Waals surface area contributed by atoms with Crippen LogP contribution in [0.15, 0.2) is 34.1 Å². The Morgan fingerprint density at radius 3 is 2.74 bits per heavy atom. The molecule has 0 spiro atoms. The SMILES string of the molecule is CCNC(Cc1ccc(Br)s1)c1cc(F)ccc1C. The monoisotopic (exact) mass is 341 g/mol. The van der Waals surface area contributed by atoms with Gasteiger partial charge in [-0.05, 0) is 64.8 Å². The summed E-state index contributed by atoms with van der Waals surface area (Å²) < 4.78 is 14.6. The Hall–Kier alpha value is -0.710. The first kappa shape index (κ1) is 14.7. The van der Waals surface area contributed by atoms with E-state index in [1.54, 1.807) is 17.4 Å². The first-order valence-electron chi connectivity index (χ1n) is 6.33. The van der Waals surface area contributed by atoms with Crippen molar-refractivity contribution < 1.29 is 4.39 Å². The van der Waals surface area contributed by atoms with Gasteiger partial charge in [0.2, 0.25) is 0 Å². The number of likely N-dealkylation sites (N-methyl/N-ethyl adjacent to an activating group) is 1. The molecule has 0 amide bonds. The Morgan fingerprint density at radius 2 is 2.11 bits per heavy atom. The van der Waals surface area contributed by atoms with Crippen LogP contribution in [0.5, 0.6) is 0 Å². The predicted molar refractivity (Wildman–Crippen MR) is 83.3 cm³/mol. The molecule has 1 aromatic carbocycles. The van der Waals surface area contributed by atoms with Crippen LogP contribution in [-0.2, 0) is 6.42 Å². The minimum atomic E-state index is -0.170. The van der Waals surface area contributed by atoms with Gasteiger partial charge in [0.05, 0.1) is 3.79 Å². The minimum absolute atomic E-state index is 0.159. The molecule has 0 aliphatic carbocycles. The lowest BCUT2D eigenvalue weighted by Crippen LogP contribution is -2.23. The van der Waals surface area contributed by atoms with E-state index in [-0.39, 0.29) is 11.9 Å². The highest BCUT2D eigenvalue weighted by molar-refractivity contribution is 9.11. The van der Waals surface area contributed by atoms with Crippen LogP contribution in [0.3, 0.4) is 0 Å². The molecular formula is C15H17BrFNS. The summed E-state index contributed by atoms with van der Waals surface area (Å²) in [6.45, 7) is 4.97. The summed E-state index contributed by atoms with van der Waals surface area (Å²) in [5.74, 6) is -0.170. The summed E-state index contributed by atoms with van der Waals surface area (Å²) in [6, 6.07) is 9.34. The van der Waals surface area contributed by atoms with E-state index in [9.17, 15) is 4.39 Å². The molecule has 0 aliphatic rings. The molecule has 0 bridgehead atoms. The van der Waals surface area contributed by atoms with E-state index in [2.05, 4.69) is 40.3 Å². The van der Waals surface area contributed by atoms with Crippen molar-refractivity contribution in [1.29, 1.82) is 0 Å². The zero-order valence-corrected chi connectivity index (χ0v) is 13.4. The van der Waals surface area contributed by atoms with E-state index in [4.69, 9.17) is 0 Å². The Kier molecular flexibility index (Phi) is 5.13. The lowest BCUT2D eigenvalue weighted by Gasteiger charge is -2.20. The molecule has 1 N–H and O–H groups in total. The van der Waals surface area contributed by atoms with Gasteiger partial charge in [0.25, 0.3) is 0 Å². The molecule has 19 heavy (non-hydrogen) atoms. The second-order valence-electron chi connectivity index (χ2n) is 4.52. The molecule has 0 saturated heterocycles. The topological polar surface area (TPSA) is 12.0 Å². The van der Waals surface area contributed by atoms with E-state index in [1.807, 2.05) is 13.0 Å². The van der Waals surface area contributed by atoms with E-state index >= 15 is 0 Å². The molecule has 2 aromatic rings. The maximum atomic E-state index is 13.5. The molecule has 1 nitrogen and oxygen atoms in total. The van der Waals surface area contributed by atoms with Gasteiger partial charge in [-0.25, -0.2) is 4.39 Å². The zero-order valence-electron chi connectivity index (χ0n) is 11.0. The summed E-state index contributed by atoms with van der Waals surface area (Å²) in [5.41, 5.74) is 2.18. The molecule has 1 unspecified atom stereocenters. The lowest BCUT2D eigenvalue weighted by molar-refractivity contribution is 0.543. The molecule has 0 aliphatic heterocycles. The fourth-order valence-corrected chi connectivity index (χ4v) is 3.72. The number of aryl methyl sites for hydroxylation is 1. The molecule has 2 rings (SSSR count). The highest BCUT2D eigenvalue weighted by Crippen LogP contribution is 2.28. The van der Waals surface area contributed by atoms with Crippen molar-refractivity contribution in [3.05, 3.63) is 55.9 Å². The molecule has 0 fully saturated rings. The van der Waals surface area contributed by atoms with Crippen LogP contribution in [0.2, 0.25) is 0 Å². The van der Waals surface area contributed by atoms with Crippen molar-refractivity contribution in [2.75, 3.05) is 6.54 Å². The van der Waals surface area contributed by atoms with Crippen LogP contribution in [0.1, 0.15) is 29.0 Å².